The minimum Gasteiger partial charge on any atom is -0.326 e. The van der Waals surface area contributed by atoms with Gasteiger partial charge in [-0.1, -0.05) is 0 Å². The van der Waals surface area contributed by atoms with E-state index in [4.69, 9.17) is 5.26 Å². The number of carbonyl (C=O) groups is 1. The first-order chi connectivity index (χ1) is 10.2. The molecule has 0 heterocycles. The third-order valence-corrected chi connectivity index (χ3v) is 5.79. The molecular weight excluding hydrogens is 260 g/mol. The van der Waals surface area contributed by atoms with Gasteiger partial charge >= 0.3 is 0 Å². The van der Waals surface area contributed by atoms with Crippen molar-refractivity contribution in [3.05, 3.63) is 29.8 Å². The minimum absolute atomic E-state index is 0.108. The van der Waals surface area contributed by atoms with E-state index in [1.807, 2.05) is 12.1 Å². The average molecular weight is 280 g/mol. The molecule has 0 spiro atoms. The number of anilines is 1. The van der Waals surface area contributed by atoms with Gasteiger partial charge in [-0.25, -0.2) is 0 Å². The SMILES string of the molecule is N#Cc1ccc(NC(=O)C23CC4CC(CC(C4)C2)C3)cc1. The lowest BCUT2D eigenvalue weighted by molar-refractivity contribution is -0.140. The highest BCUT2D eigenvalue weighted by Gasteiger charge is 2.54. The topological polar surface area (TPSA) is 52.9 Å². The Balaban J connectivity index is 1.53. The Bertz CT molecular complexity index is 576. The van der Waals surface area contributed by atoms with Gasteiger partial charge in [0.05, 0.1) is 17.0 Å². The number of amides is 1. The summed E-state index contributed by atoms with van der Waals surface area (Å²) >= 11 is 0. The van der Waals surface area contributed by atoms with Crippen molar-refractivity contribution in [2.24, 2.45) is 23.2 Å². The summed E-state index contributed by atoms with van der Waals surface area (Å²) in [6.07, 6.45) is 7.31. The summed E-state index contributed by atoms with van der Waals surface area (Å²) in [6.45, 7) is 0. The van der Waals surface area contributed by atoms with Crippen molar-refractivity contribution in [3.63, 3.8) is 0 Å². The zero-order valence-corrected chi connectivity index (χ0v) is 12.1. The van der Waals surface area contributed by atoms with Crippen molar-refractivity contribution < 1.29 is 4.79 Å². The van der Waals surface area contributed by atoms with Crippen molar-refractivity contribution >= 4 is 11.6 Å². The van der Waals surface area contributed by atoms with Gasteiger partial charge in [-0.3, -0.25) is 4.79 Å². The summed E-state index contributed by atoms with van der Waals surface area (Å²) in [5.74, 6) is 2.56. The summed E-state index contributed by atoms with van der Waals surface area (Å²) in [5, 5.41) is 11.9. The first-order valence-corrected chi connectivity index (χ1v) is 7.98. The molecule has 3 nitrogen and oxygen atoms in total. The molecule has 0 saturated heterocycles. The fourth-order valence-electron chi connectivity index (χ4n) is 5.28. The zero-order valence-electron chi connectivity index (χ0n) is 12.1. The molecule has 1 N–H and O–H groups in total. The maximum Gasteiger partial charge on any atom is 0.230 e. The largest absolute Gasteiger partial charge is 0.326 e. The van der Waals surface area contributed by atoms with E-state index in [9.17, 15) is 4.79 Å². The maximum atomic E-state index is 12.8. The molecule has 0 unspecified atom stereocenters. The van der Waals surface area contributed by atoms with Crippen LogP contribution in [0.2, 0.25) is 0 Å². The number of hydrogen-bond acceptors (Lipinski definition) is 2. The number of nitrogens with zero attached hydrogens (tertiary/aromatic N) is 1. The van der Waals surface area contributed by atoms with Crippen LogP contribution >= 0.6 is 0 Å². The Morgan fingerprint density at radius 2 is 1.57 bits per heavy atom. The van der Waals surface area contributed by atoms with Crippen molar-refractivity contribution in [1.29, 1.82) is 5.26 Å². The van der Waals surface area contributed by atoms with E-state index in [2.05, 4.69) is 11.4 Å². The maximum absolute atomic E-state index is 12.8. The molecule has 0 aromatic heterocycles. The predicted octanol–water partition coefficient (Wildman–Crippen LogP) is 3.71. The van der Waals surface area contributed by atoms with Crippen LogP contribution in [0.25, 0.3) is 0 Å². The van der Waals surface area contributed by atoms with Crippen molar-refractivity contribution in [1.82, 2.24) is 0 Å². The lowest BCUT2D eigenvalue weighted by Crippen LogP contribution is -2.51. The Morgan fingerprint density at radius 3 is 2.05 bits per heavy atom. The van der Waals surface area contributed by atoms with Crippen LogP contribution in [0.3, 0.4) is 0 Å². The number of hydrogen-bond donors (Lipinski definition) is 1. The molecule has 4 saturated carbocycles. The number of rotatable bonds is 2. The van der Waals surface area contributed by atoms with Crippen LogP contribution in [0.5, 0.6) is 0 Å². The minimum atomic E-state index is -0.108. The zero-order chi connectivity index (χ0) is 14.4. The summed E-state index contributed by atoms with van der Waals surface area (Å²) in [7, 11) is 0. The standard InChI is InChI=1S/C18H20N2O/c19-11-12-1-3-16(4-2-12)20-17(21)18-8-13-5-14(9-18)7-15(6-13)10-18/h1-4,13-15H,5-10H2,(H,20,21). The van der Waals surface area contributed by atoms with Crippen LogP contribution in [0.15, 0.2) is 24.3 Å². The third-order valence-electron chi connectivity index (χ3n) is 5.79. The van der Waals surface area contributed by atoms with Gasteiger partial charge in [-0.2, -0.15) is 5.26 Å². The first-order valence-electron chi connectivity index (χ1n) is 7.98. The van der Waals surface area contributed by atoms with Crippen molar-refractivity contribution in [3.8, 4) is 6.07 Å². The van der Waals surface area contributed by atoms with E-state index in [1.165, 1.54) is 19.3 Å². The van der Waals surface area contributed by atoms with Gasteiger partial charge in [-0.15, -0.1) is 0 Å². The number of nitriles is 1. The molecule has 0 atom stereocenters. The van der Waals surface area contributed by atoms with Gasteiger partial charge in [0, 0.05) is 5.69 Å². The quantitative estimate of drug-likeness (QED) is 0.897. The summed E-state index contributed by atoms with van der Waals surface area (Å²) in [6, 6.07) is 9.28. The highest BCUT2D eigenvalue weighted by molar-refractivity contribution is 5.95. The van der Waals surface area contributed by atoms with Crippen molar-refractivity contribution in [2.75, 3.05) is 5.32 Å². The predicted molar refractivity (Wildman–Crippen MR) is 80.4 cm³/mol. The van der Waals surface area contributed by atoms with Crippen LogP contribution in [0.4, 0.5) is 5.69 Å². The van der Waals surface area contributed by atoms with Crippen LogP contribution in [-0.2, 0) is 4.79 Å². The van der Waals surface area contributed by atoms with E-state index >= 15 is 0 Å². The smallest absolute Gasteiger partial charge is 0.230 e. The van der Waals surface area contributed by atoms with E-state index in [-0.39, 0.29) is 11.3 Å². The molecule has 4 bridgehead atoms. The monoisotopic (exact) mass is 280 g/mol. The van der Waals surface area contributed by atoms with Crippen LogP contribution < -0.4 is 5.32 Å². The van der Waals surface area contributed by atoms with Crippen molar-refractivity contribution in [2.45, 2.75) is 38.5 Å². The molecule has 0 radical (unpaired) electrons. The van der Waals surface area contributed by atoms with Crippen LogP contribution in [0.1, 0.15) is 44.1 Å². The fourth-order valence-corrected chi connectivity index (χ4v) is 5.28. The molecule has 5 rings (SSSR count). The van der Waals surface area contributed by atoms with Gasteiger partial charge in [0.15, 0.2) is 0 Å². The van der Waals surface area contributed by atoms with Crippen LogP contribution in [-0.4, -0.2) is 5.91 Å². The molecule has 4 fully saturated rings. The molecule has 3 heteroatoms. The molecule has 4 aliphatic rings. The molecule has 1 aromatic carbocycles. The van der Waals surface area contributed by atoms with Crippen LogP contribution in [0, 0.1) is 34.5 Å². The fraction of sp³-hybridized carbons (Fsp3) is 0.556. The Kier molecular flexibility index (Phi) is 2.82. The summed E-state index contributed by atoms with van der Waals surface area (Å²) in [5.41, 5.74) is 1.33. The normalized spacial score (nSPS) is 36.2. The van der Waals surface area contributed by atoms with E-state index in [1.54, 1.807) is 12.1 Å². The number of nitrogens with one attached hydrogen (secondary N) is 1. The van der Waals surface area contributed by atoms with Gasteiger partial charge in [-0.05, 0) is 80.5 Å². The lowest BCUT2D eigenvalue weighted by Gasteiger charge is -2.55. The van der Waals surface area contributed by atoms with Gasteiger partial charge in [0.2, 0.25) is 5.91 Å². The van der Waals surface area contributed by atoms with E-state index in [0.717, 1.165) is 42.7 Å². The summed E-state index contributed by atoms with van der Waals surface area (Å²) < 4.78 is 0. The number of carbonyl (C=O) groups excluding carboxylic acids is 1. The molecule has 0 aliphatic heterocycles. The first kappa shape index (κ1) is 12.9. The van der Waals surface area contributed by atoms with Gasteiger partial charge < -0.3 is 5.32 Å². The van der Waals surface area contributed by atoms with Gasteiger partial charge in [0.1, 0.15) is 0 Å². The molecular formula is C18H20N2O. The molecule has 108 valence electrons. The Hall–Kier alpha value is -1.82. The Labute approximate surface area is 125 Å². The number of benzene rings is 1. The lowest BCUT2D eigenvalue weighted by atomic mass is 9.49. The molecule has 21 heavy (non-hydrogen) atoms. The van der Waals surface area contributed by atoms with Gasteiger partial charge in [0.25, 0.3) is 0 Å². The second-order valence-corrected chi connectivity index (χ2v) is 7.34. The third kappa shape index (κ3) is 2.14. The summed E-state index contributed by atoms with van der Waals surface area (Å²) in [4.78, 5) is 12.8. The molecule has 1 aromatic rings. The second kappa shape index (κ2) is 4.59. The van der Waals surface area contributed by atoms with E-state index in [0.29, 0.717) is 5.56 Å². The average Bonchev–Trinajstić information content (AvgIpc) is 2.46. The second-order valence-electron chi connectivity index (χ2n) is 7.34. The highest BCUT2D eigenvalue weighted by Crippen LogP contribution is 2.60. The molecule has 1 amide bonds. The highest BCUT2D eigenvalue weighted by atomic mass is 16.2. The Morgan fingerprint density at radius 1 is 1.05 bits per heavy atom. The van der Waals surface area contributed by atoms with E-state index < -0.39 is 0 Å². The molecule has 4 aliphatic carbocycles.